The Balaban J connectivity index is 4.38. The van der Waals surface area contributed by atoms with Crippen LogP contribution in [0.1, 0.15) is 162 Å². The molecule has 0 spiro atoms. The lowest BCUT2D eigenvalue weighted by molar-refractivity contribution is -0.161. The van der Waals surface area contributed by atoms with E-state index in [9.17, 15) is 24.2 Å². The van der Waals surface area contributed by atoms with Crippen LogP contribution in [0.2, 0.25) is 0 Å². The summed E-state index contributed by atoms with van der Waals surface area (Å²) in [5, 5.41) is 18.2. The number of hydrogen-bond donors (Lipinski definition) is 3. The molecule has 0 heterocycles. The average Bonchev–Trinajstić information content (AvgIpc) is 3.07. The Bertz CT molecular complexity index is 863. The molecule has 0 saturated carbocycles. The smallest absolute Gasteiger partial charge is 0.462 e. The van der Waals surface area contributed by atoms with Crippen molar-refractivity contribution in [3.8, 4) is 0 Å². The summed E-state index contributed by atoms with van der Waals surface area (Å²) in [5.74, 6) is -0.963. The van der Waals surface area contributed by atoms with E-state index in [1.165, 1.54) is 70.6 Å². The maximum Gasteiger partial charge on any atom is 0.472 e. The van der Waals surface area contributed by atoms with Gasteiger partial charge in [-0.3, -0.25) is 18.6 Å². The highest BCUT2D eigenvalue weighted by atomic mass is 31.2. The fourth-order valence-electron chi connectivity index (χ4n) is 4.86. The number of ether oxygens (including phenoxy) is 2. The molecule has 48 heavy (non-hydrogen) atoms. The molecule has 3 atom stereocenters. The van der Waals surface area contributed by atoms with E-state index in [0.29, 0.717) is 12.8 Å². The van der Waals surface area contributed by atoms with Crippen LogP contribution in [0.25, 0.3) is 0 Å². The van der Waals surface area contributed by atoms with E-state index < -0.39 is 51.8 Å². The van der Waals surface area contributed by atoms with Gasteiger partial charge in [-0.05, 0) is 64.2 Å². The minimum absolute atomic E-state index is 0.152. The number of allylic oxidation sites excluding steroid dienone is 4. The molecule has 0 bridgehead atoms. The average molecular weight is 705 g/mol. The molecule has 0 aliphatic rings. The summed E-state index contributed by atoms with van der Waals surface area (Å²) in [5.41, 5.74) is 0. The molecular weight excluding hydrogens is 635 g/mol. The van der Waals surface area contributed by atoms with Gasteiger partial charge in [-0.25, -0.2) is 4.57 Å². The van der Waals surface area contributed by atoms with E-state index >= 15 is 0 Å². The molecule has 0 amide bonds. The number of phosphoric ester groups is 1. The number of aliphatic hydroxyl groups excluding tert-OH is 2. The number of carbonyl (C=O) groups is 2. The summed E-state index contributed by atoms with van der Waals surface area (Å²) < 4.78 is 32.5. The predicted molar refractivity (Wildman–Crippen MR) is 191 cm³/mol. The third-order valence-electron chi connectivity index (χ3n) is 7.83. The molecule has 0 rings (SSSR count). The second kappa shape index (κ2) is 33.9. The summed E-state index contributed by atoms with van der Waals surface area (Å²) in [6, 6.07) is 0. The van der Waals surface area contributed by atoms with Gasteiger partial charge in [0.2, 0.25) is 0 Å². The molecule has 1 unspecified atom stereocenters. The lowest BCUT2D eigenvalue weighted by Crippen LogP contribution is -2.29. The molecule has 282 valence electrons. The lowest BCUT2D eigenvalue weighted by Gasteiger charge is -2.20. The predicted octanol–water partition coefficient (Wildman–Crippen LogP) is 9.05. The highest BCUT2D eigenvalue weighted by molar-refractivity contribution is 7.47. The van der Waals surface area contributed by atoms with Crippen LogP contribution >= 0.6 is 7.82 Å². The maximum absolute atomic E-state index is 12.5. The van der Waals surface area contributed by atoms with Crippen molar-refractivity contribution in [3.63, 3.8) is 0 Å². The fraction of sp³-hybridized carbons (Fsp3) is 0.838. The minimum atomic E-state index is -4.61. The van der Waals surface area contributed by atoms with E-state index in [2.05, 4.69) is 42.7 Å². The molecule has 0 aromatic heterocycles. The van der Waals surface area contributed by atoms with Crippen molar-refractivity contribution < 1.29 is 47.8 Å². The van der Waals surface area contributed by atoms with Gasteiger partial charge >= 0.3 is 19.8 Å². The van der Waals surface area contributed by atoms with Gasteiger partial charge in [-0.2, -0.15) is 0 Å². The lowest BCUT2D eigenvalue weighted by atomic mass is 10.1. The van der Waals surface area contributed by atoms with Crippen molar-refractivity contribution in [2.75, 3.05) is 26.4 Å². The summed E-state index contributed by atoms with van der Waals surface area (Å²) in [7, 11) is -4.61. The van der Waals surface area contributed by atoms with Crippen molar-refractivity contribution in [1.29, 1.82) is 0 Å². The molecule has 0 aliphatic carbocycles. The van der Waals surface area contributed by atoms with Crippen molar-refractivity contribution in [2.24, 2.45) is 0 Å². The molecule has 3 N–H and O–H groups in total. The summed E-state index contributed by atoms with van der Waals surface area (Å²) >= 11 is 0. The third-order valence-corrected chi connectivity index (χ3v) is 8.78. The fourth-order valence-corrected chi connectivity index (χ4v) is 5.65. The standard InChI is InChI=1S/C37H69O10P/c1-3-5-7-9-11-13-15-16-17-18-19-21-22-24-26-28-36(40)44-32-35(33-46-48(42,43)45-31-34(39)30-38)47-37(41)29-27-25-23-20-14-12-10-8-6-4-2/h14,16-17,20,34-35,38-39H,3-13,15,18-19,21-33H2,1-2H3,(H,42,43)/b17-16-,20-14-/t34-,35+/m0/s1. The molecular formula is C37H69O10P. The van der Waals surface area contributed by atoms with E-state index in [1.807, 2.05) is 0 Å². The Labute approximate surface area is 291 Å². The van der Waals surface area contributed by atoms with Crippen LogP contribution in [-0.4, -0.2) is 65.7 Å². The van der Waals surface area contributed by atoms with E-state index in [-0.39, 0.29) is 19.4 Å². The van der Waals surface area contributed by atoms with Crippen molar-refractivity contribution in [2.45, 2.75) is 174 Å². The van der Waals surface area contributed by atoms with Crippen molar-refractivity contribution >= 4 is 19.8 Å². The molecule has 0 aliphatic heterocycles. The molecule has 0 fully saturated rings. The molecule has 0 aromatic rings. The van der Waals surface area contributed by atoms with Gasteiger partial charge in [0, 0.05) is 12.8 Å². The van der Waals surface area contributed by atoms with Gasteiger partial charge in [-0.15, -0.1) is 0 Å². The zero-order chi connectivity index (χ0) is 35.6. The molecule has 0 aromatic carbocycles. The van der Waals surface area contributed by atoms with Crippen LogP contribution in [0.5, 0.6) is 0 Å². The first-order chi connectivity index (χ1) is 23.2. The first kappa shape index (κ1) is 46.5. The van der Waals surface area contributed by atoms with Gasteiger partial charge < -0.3 is 24.6 Å². The number of hydrogen-bond acceptors (Lipinski definition) is 9. The molecule has 10 nitrogen and oxygen atoms in total. The zero-order valence-corrected chi connectivity index (χ0v) is 31.1. The Morgan fingerprint density at radius 2 is 1.02 bits per heavy atom. The van der Waals surface area contributed by atoms with Gasteiger partial charge in [0.25, 0.3) is 0 Å². The Hall–Kier alpha value is -1.55. The van der Waals surface area contributed by atoms with E-state index in [1.54, 1.807) is 0 Å². The number of phosphoric acid groups is 1. The first-order valence-electron chi connectivity index (χ1n) is 18.8. The van der Waals surface area contributed by atoms with Crippen molar-refractivity contribution in [1.82, 2.24) is 0 Å². The number of aliphatic hydroxyl groups is 2. The Kier molecular flexibility index (Phi) is 32.8. The molecule has 11 heteroatoms. The molecule has 0 radical (unpaired) electrons. The number of esters is 2. The topological polar surface area (TPSA) is 149 Å². The maximum atomic E-state index is 12.5. The van der Waals surface area contributed by atoms with Crippen LogP contribution in [0, 0.1) is 0 Å². The number of carbonyl (C=O) groups excluding carboxylic acids is 2. The highest BCUT2D eigenvalue weighted by Gasteiger charge is 2.27. The Morgan fingerprint density at radius 3 is 1.56 bits per heavy atom. The van der Waals surface area contributed by atoms with E-state index in [4.69, 9.17) is 19.1 Å². The summed E-state index contributed by atoms with van der Waals surface area (Å²) in [4.78, 5) is 34.7. The highest BCUT2D eigenvalue weighted by Crippen LogP contribution is 2.43. The number of rotatable bonds is 35. The van der Waals surface area contributed by atoms with Gasteiger partial charge in [-0.1, -0.05) is 109 Å². The largest absolute Gasteiger partial charge is 0.472 e. The van der Waals surface area contributed by atoms with E-state index in [0.717, 1.165) is 51.4 Å². The number of unbranched alkanes of at least 4 members (excludes halogenated alkanes) is 17. The van der Waals surface area contributed by atoms with Gasteiger partial charge in [0.15, 0.2) is 6.10 Å². The van der Waals surface area contributed by atoms with Crippen LogP contribution in [-0.2, 0) is 32.7 Å². The second-order valence-electron chi connectivity index (χ2n) is 12.6. The second-order valence-corrected chi connectivity index (χ2v) is 14.0. The quantitative estimate of drug-likeness (QED) is 0.0252. The van der Waals surface area contributed by atoms with Gasteiger partial charge in [0.1, 0.15) is 12.7 Å². The monoisotopic (exact) mass is 704 g/mol. The zero-order valence-electron chi connectivity index (χ0n) is 30.2. The van der Waals surface area contributed by atoms with Crippen LogP contribution < -0.4 is 0 Å². The van der Waals surface area contributed by atoms with Crippen LogP contribution in [0.4, 0.5) is 0 Å². The van der Waals surface area contributed by atoms with Crippen LogP contribution in [0.15, 0.2) is 24.3 Å². The van der Waals surface area contributed by atoms with Gasteiger partial charge in [0.05, 0.1) is 19.8 Å². The summed E-state index contributed by atoms with van der Waals surface area (Å²) in [6.07, 6.45) is 30.2. The third kappa shape index (κ3) is 33.0. The SMILES string of the molecule is CCCCCC/C=C\CCCCC(=O)O[C@H](COC(=O)CCCCCCC/C=C\CCCCCCCC)COP(=O)(O)OC[C@@H](O)CO. The summed E-state index contributed by atoms with van der Waals surface area (Å²) in [6.45, 7) is 2.29. The minimum Gasteiger partial charge on any atom is -0.462 e. The Morgan fingerprint density at radius 1 is 0.604 bits per heavy atom. The first-order valence-corrected chi connectivity index (χ1v) is 20.3. The van der Waals surface area contributed by atoms with Crippen LogP contribution in [0.3, 0.4) is 0 Å². The van der Waals surface area contributed by atoms with Crippen molar-refractivity contribution in [3.05, 3.63) is 24.3 Å². The normalized spacial score (nSPS) is 14.4. The molecule has 0 saturated heterocycles.